The van der Waals surface area contributed by atoms with Crippen LogP contribution in [0.2, 0.25) is 0 Å². The van der Waals surface area contributed by atoms with Crippen molar-refractivity contribution < 1.29 is 19.6 Å². The number of carboxylic acid groups (broad SMARTS) is 1. The van der Waals surface area contributed by atoms with Crippen LogP contribution in [0, 0.1) is 0 Å². The van der Waals surface area contributed by atoms with E-state index in [0.29, 0.717) is 6.42 Å². The number of hydrogen-bond acceptors (Lipinski definition) is 5. The summed E-state index contributed by atoms with van der Waals surface area (Å²) in [5.41, 5.74) is 5.47. The molecule has 6 nitrogen and oxygen atoms in total. The second-order valence-electron chi connectivity index (χ2n) is 8.00. The van der Waals surface area contributed by atoms with Gasteiger partial charge in [0.15, 0.2) is 6.61 Å². The molecule has 6 heteroatoms. The van der Waals surface area contributed by atoms with E-state index in [4.69, 9.17) is 14.8 Å². The van der Waals surface area contributed by atoms with Crippen molar-refractivity contribution >= 4 is 5.97 Å². The molecule has 3 atom stereocenters. The number of nitrogens with one attached hydrogen (secondary N) is 1. The molecule has 0 bridgehead atoms. The van der Waals surface area contributed by atoms with Crippen LogP contribution >= 0.6 is 0 Å². The van der Waals surface area contributed by atoms with Crippen molar-refractivity contribution in [2.24, 2.45) is 0 Å². The van der Waals surface area contributed by atoms with Crippen LogP contribution in [0.4, 0.5) is 0 Å². The van der Waals surface area contributed by atoms with Gasteiger partial charge in [-0.2, -0.15) is 5.06 Å². The van der Waals surface area contributed by atoms with Gasteiger partial charge in [0.2, 0.25) is 0 Å². The maximum Gasteiger partial charge on any atom is 0.332 e. The second-order valence-corrected chi connectivity index (χ2v) is 8.00. The summed E-state index contributed by atoms with van der Waals surface area (Å²) in [7, 11) is 0. The molecule has 1 aromatic rings. The number of nitrogens with zero attached hydrogens (tertiary/aromatic N) is 1. The molecule has 2 rings (SSSR count). The second kappa shape index (κ2) is 9.07. The van der Waals surface area contributed by atoms with Crippen molar-refractivity contribution in [3.63, 3.8) is 0 Å². The van der Waals surface area contributed by atoms with E-state index in [1.54, 1.807) is 0 Å². The fourth-order valence-electron chi connectivity index (χ4n) is 3.82. The summed E-state index contributed by atoms with van der Waals surface area (Å²) in [4.78, 5) is 22.6. The van der Waals surface area contributed by atoms with Crippen LogP contribution in [0.15, 0.2) is 41.6 Å². The molecular weight excluding hydrogens is 356 g/mol. The highest BCUT2D eigenvalue weighted by atomic mass is 16.7. The summed E-state index contributed by atoms with van der Waals surface area (Å²) in [6, 6.07) is 10.2. The maximum absolute atomic E-state index is 10.8. The van der Waals surface area contributed by atoms with E-state index in [-0.39, 0.29) is 23.8 Å². The Bertz CT molecular complexity index is 706. The van der Waals surface area contributed by atoms with Gasteiger partial charge in [-0.25, -0.2) is 4.79 Å². The Balaban J connectivity index is 2.35. The average Bonchev–Trinajstić information content (AvgIpc) is 2.69. The quantitative estimate of drug-likeness (QED) is 0.601. The average molecular weight is 391 g/mol. The van der Waals surface area contributed by atoms with Crippen molar-refractivity contribution in [2.45, 2.75) is 78.0 Å². The van der Waals surface area contributed by atoms with Crippen LogP contribution in [-0.2, 0) is 14.5 Å². The summed E-state index contributed by atoms with van der Waals surface area (Å²) in [5.74, 6) is -1.00. The molecular formula is C22H34N2O4. The first kappa shape index (κ1) is 22.4. The lowest BCUT2D eigenvalue weighted by Gasteiger charge is -2.55. The van der Waals surface area contributed by atoms with Crippen molar-refractivity contribution in [2.75, 3.05) is 6.61 Å². The van der Waals surface area contributed by atoms with Gasteiger partial charge in [-0.15, -0.1) is 0 Å². The van der Waals surface area contributed by atoms with E-state index in [0.717, 1.165) is 29.7 Å². The van der Waals surface area contributed by atoms with Gasteiger partial charge in [-0.05, 0) is 51.7 Å². The Kier molecular flexibility index (Phi) is 7.26. The first-order valence-corrected chi connectivity index (χ1v) is 9.99. The SMILES string of the molecule is CCC1(C)CC(NOCC(=O)O)=C(C)C(C)(CC)N1OC(C)c1ccccc1. The zero-order chi connectivity index (χ0) is 20.9. The molecule has 3 unspecified atom stereocenters. The first-order valence-electron chi connectivity index (χ1n) is 9.99. The van der Waals surface area contributed by atoms with Gasteiger partial charge in [0.25, 0.3) is 0 Å². The van der Waals surface area contributed by atoms with Crippen LogP contribution in [-0.4, -0.2) is 33.8 Å². The number of hydroxylamine groups is 3. The lowest BCUT2D eigenvalue weighted by atomic mass is 9.76. The number of carbonyl (C=O) groups is 1. The largest absolute Gasteiger partial charge is 0.479 e. The summed E-state index contributed by atoms with van der Waals surface area (Å²) in [5, 5.41) is 11.0. The standard InChI is InChI=1S/C22H34N2O4/c1-7-21(5)14-19(23-27-15-20(25)26)16(3)22(6,8-2)24(21)28-17(4)18-12-10-9-11-13-18/h9-13,17,23H,7-8,14-15H2,1-6H3,(H,25,26). The Hall–Kier alpha value is -1.89. The Morgan fingerprint density at radius 3 is 2.43 bits per heavy atom. The zero-order valence-electron chi connectivity index (χ0n) is 17.9. The van der Waals surface area contributed by atoms with Gasteiger partial charge < -0.3 is 5.11 Å². The third kappa shape index (κ3) is 4.57. The first-order chi connectivity index (χ1) is 13.2. The minimum Gasteiger partial charge on any atom is -0.479 e. The molecule has 28 heavy (non-hydrogen) atoms. The Morgan fingerprint density at radius 2 is 1.89 bits per heavy atom. The molecule has 0 spiro atoms. The molecule has 1 aromatic carbocycles. The van der Waals surface area contributed by atoms with E-state index in [9.17, 15) is 4.79 Å². The van der Waals surface area contributed by atoms with E-state index < -0.39 is 5.97 Å². The minimum absolute atomic E-state index is 0.0801. The summed E-state index contributed by atoms with van der Waals surface area (Å²) in [6.45, 7) is 12.4. The van der Waals surface area contributed by atoms with Crippen molar-refractivity contribution in [1.29, 1.82) is 0 Å². The van der Waals surface area contributed by atoms with E-state index >= 15 is 0 Å². The molecule has 0 saturated heterocycles. The molecule has 1 aliphatic rings. The van der Waals surface area contributed by atoms with Gasteiger partial charge in [0.1, 0.15) is 6.10 Å². The third-order valence-corrected chi connectivity index (χ3v) is 6.13. The topological polar surface area (TPSA) is 71.0 Å². The van der Waals surface area contributed by atoms with E-state index in [2.05, 4.69) is 64.2 Å². The number of benzene rings is 1. The molecule has 1 aliphatic heterocycles. The van der Waals surface area contributed by atoms with Crippen molar-refractivity contribution in [1.82, 2.24) is 10.5 Å². The van der Waals surface area contributed by atoms with Crippen molar-refractivity contribution in [3.05, 3.63) is 47.2 Å². The highest BCUT2D eigenvalue weighted by Gasteiger charge is 2.49. The summed E-state index contributed by atoms with van der Waals surface area (Å²) >= 11 is 0. The van der Waals surface area contributed by atoms with Gasteiger partial charge in [-0.3, -0.25) is 15.2 Å². The molecule has 0 saturated carbocycles. The predicted molar refractivity (Wildman–Crippen MR) is 109 cm³/mol. The third-order valence-electron chi connectivity index (χ3n) is 6.13. The molecule has 2 N–H and O–H groups in total. The van der Waals surface area contributed by atoms with Gasteiger partial charge in [0, 0.05) is 17.7 Å². The highest BCUT2D eigenvalue weighted by molar-refractivity contribution is 5.67. The normalized spacial score (nSPS) is 26.9. The number of carboxylic acids is 1. The lowest BCUT2D eigenvalue weighted by Crippen LogP contribution is -2.62. The zero-order valence-corrected chi connectivity index (χ0v) is 17.9. The lowest BCUT2D eigenvalue weighted by molar-refractivity contribution is -0.296. The minimum atomic E-state index is -1.00. The summed E-state index contributed by atoms with van der Waals surface area (Å²) < 4.78 is 0. The smallest absolute Gasteiger partial charge is 0.332 e. The number of aliphatic carboxylic acids is 1. The van der Waals surface area contributed by atoms with Crippen LogP contribution in [0.25, 0.3) is 0 Å². The Labute approximate surface area is 168 Å². The molecule has 0 aliphatic carbocycles. The van der Waals surface area contributed by atoms with Crippen LogP contribution < -0.4 is 5.48 Å². The molecule has 1 heterocycles. The molecule has 156 valence electrons. The molecule has 0 radical (unpaired) electrons. The molecule has 0 fully saturated rings. The van der Waals surface area contributed by atoms with Crippen LogP contribution in [0.5, 0.6) is 0 Å². The fourth-order valence-corrected chi connectivity index (χ4v) is 3.82. The maximum atomic E-state index is 10.8. The monoisotopic (exact) mass is 390 g/mol. The molecule has 0 amide bonds. The Morgan fingerprint density at radius 1 is 1.25 bits per heavy atom. The van der Waals surface area contributed by atoms with Gasteiger partial charge in [-0.1, -0.05) is 44.2 Å². The van der Waals surface area contributed by atoms with Gasteiger partial charge >= 0.3 is 5.97 Å². The number of rotatable bonds is 9. The molecule has 0 aromatic heterocycles. The predicted octanol–water partition coefficient (Wildman–Crippen LogP) is 4.60. The van der Waals surface area contributed by atoms with E-state index in [1.165, 1.54) is 0 Å². The van der Waals surface area contributed by atoms with E-state index in [1.807, 2.05) is 18.2 Å². The van der Waals surface area contributed by atoms with Crippen LogP contribution in [0.3, 0.4) is 0 Å². The summed E-state index contributed by atoms with van der Waals surface area (Å²) in [6.07, 6.45) is 2.33. The highest BCUT2D eigenvalue weighted by Crippen LogP contribution is 2.46. The van der Waals surface area contributed by atoms with Crippen molar-refractivity contribution in [3.8, 4) is 0 Å². The number of hydrogen-bond donors (Lipinski definition) is 2. The van der Waals surface area contributed by atoms with Gasteiger partial charge in [0.05, 0.1) is 5.54 Å². The van der Waals surface area contributed by atoms with Crippen LogP contribution in [0.1, 0.15) is 72.5 Å². The fraction of sp³-hybridized carbons (Fsp3) is 0.591.